The SMILES string of the molecule is O=C(O)c1ccc(NCC2Cc3ccccc32)cc1Br. The van der Waals surface area contributed by atoms with E-state index in [1.54, 1.807) is 12.1 Å². The van der Waals surface area contributed by atoms with Crippen molar-refractivity contribution < 1.29 is 9.90 Å². The van der Waals surface area contributed by atoms with Gasteiger partial charge in [-0.25, -0.2) is 4.79 Å². The van der Waals surface area contributed by atoms with E-state index in [1.807, 2.05) is 6.07 Å². The number of nitrogens with one attached hydrogen (secondary N) is 1. The van der Waals surface area contributed by atoms with Crippen LogP contribution in [0, 0.1) is 0 Å². The maximum atomic E-state index is 10.9. The molecule has 4 heteroatoms. The third-order valence-electron chi connectivity index (χ3n) is 3.71. The lowest BCUT2D eigenvalue weighted by Crippen LogP contribution is -2.24. The summed E-state index contributed by atoms with van der Waals surface area (Å²) in [5, 5.41) is 12.4. The molecular formula is C16H14BrNO2. The largest absolute Gasteiger partial charge is 0.478 e. The molecule has 0 saturated heterocycles. The summed E-state index contributed by atoms with van der Waals surface area (Å²) >= 11 is 3.29. The van der Waals surface area contributed by atoms with Crippen molar-refractivity contribution in [2.45, 2.75) is 12.3 Å². The summed E-state index contributed by atoms with van der Waals surface area (Å²) in [6.45, 7) is 0.871. The molecule has 0 aromatic heterocycles. The number of hydrogen-bond donors (Lipinski definition) is 2. The molecule has 20 heavy (non-hydrogen) atoms. The second-order valence-corrected chi connectivity index (χ2v) is 5.83. The van der Waals surface area contributed by atoms with Gasteiger partial charge in [0.1, 0.15) is 0 Å². The van der Waals surface area contributed by atoms with Gasteiger partial charge in [0, 0.05) is 22.6 Å². The van der Waals surface area contributed by atoms with Crippen LogP contribution in [-0.4, -0.2) is 17.6 Å². The number of anilines is 1. The minimum absolute atomic E-state index is 0.282. The third-order valence-corrected chi connectivity index (χ3v) is 4.37. The first-order valence-corrected chi connectivity index (χ1v) is 7.29. The van der Waals surface area contributed by atoms with Gasteiger partial charge in [0.15, 0.2) is 0 Å². The second-order valence-electron chi connectivity index (χ2n) is 4.98. The number of carboxylic acid groups (broad SMARTS) is 1. The van der Waals surface area contributed by atoms with Crippen LogP contribution in [-0.2, 0) is 6.42 Å². The van der Waals surface area contributed by atoms with Crippen LogP contribution < -0.4 is 5.32 Å². The number of halogens is 1. The minimum Gasteiger partial charge on any atom is -0.478 e. The molecule has 1 aliphatic rings. The zero-order valence-corrected chi connectivity index (χ0v) is 12.4. The molecule has 1 aliphatic carbocycles. The number of fused-ring (bicyclic) bond motifs is 1. The highest BCUT2D eigenvalue weighted by Gasteiger charge is 2.24. The summed E-state index contributed by atoms with van der Waals surface area (Å²) in [7, 11) is 0. The molecule has 0 saturated carbocycles. The maximum absolute atomic E-state index is 10.9. The molecule has 0 amide bonds. The number of aromatic carboxylic acids is 1. The first kappa shape index (κ1) is 13.2. The van der Waals surface area contributed by atoms with E-state index >= 15 is 0 Å². The quantitative estimate of drug-likeness (QED) is 0.893. The van der Waals surface area contributed by atoms with Crippen LogP contribution >= 0.6 is 15.9 Å². The number of hydrogen-bond acceptors (Lipinski definition) is 2. The lowest BCUT2D eigenvalue weighted by atomic mass is 9.77. The van der Waals surface area contributed by atoms with Crippen molar-refractivity contribution in [1.29, 1.82) is 0 Å². The van der Waals surface area contributed by atoms with Crippen molar-refractivity contribution in [3.8, 4) is 0 Å². The predicted molar refractivity (Wildman–Crippen MR) is 82.5 cm³/mol. The molecule has 1 unspecified atom stereocenters. The van der Waals surface area contributed by atoms with Gasteiger partial charge in [0.05, 0.1) is 5.56 Å². The molecule has 3 nitrogen and oxygen atoms in total. The zero-order valence-electron chi connectivity index (χ0n) is 10.8. The zero-order chi connectivity index (χ0) is 14.1. The molecule has 2 aromatic carbocycles. The fourth-order valence-electron chi connectivity index (χ4n) is 2.58. The van der Waals surface area contributed by atoms with E-state index in [1.165, 1.54) is 11.1 Å². The van der Waals surface area contributed by atoms with Crippen molar-refractivity contribution in [1.82, 2.24) is 0 Å². The molecule has 0 bridgehead atoms. The van der Waals surface area contributed by atoms with Crippen LogP contribution in [0.1, 0.15) is 27.4 Å². The van der Waals surface area contributed by atoms with Crippen molar-refractivity contribution in [2.75, 3.05) is 11.9 Å². The first-order valence-electron chi connectivity index (χ1n) is 6.49. The van der Waals surface area contributed by atoms with Gasteiger partial charge in [-0.1, -0.05) is 24.3 Å². The molecule has 0 aliphatic heterocycles. The van der Waals surface area contributed by atoms with Gasteiger partial charge in [0.2, 0.25) is 0 Å². The van der Waals surface area contributed by atoms with Crippen molar-refractivity contribution in [3.05, 3.63) is 63.6 Å². The fourth-order valence-corrected chi connectivity index (χ4v) is 3.13. The summed E-state index contributed by atoms with van der Waals surface area (Å²) in [5.74, 6) is -0.375. The number of carbonyl (C=O) groups is 1. The third kappa shape index (κ3) is 2.43. The Balaban J connectivity index is 1.66. The van der Waals surface area contributed by atoms with Crippen molar-refractivity contribution in [2.24, 2.45) is 0 Å². The number of benzene rings is 2. The molecule has 0 radical (unpaired) electrons. The Kier molecular flexibility index (Phi) is 3.49. The minimum atomic E-state index is -0.920. The molecular weight excluding hydrogens is 318 g/mol. The van der Waals surface area contributed by atoms with Crippen molar-refractivity contribution >= 4 is 27.6 Å². The Bertz CT molecular complexity index is 669. The van der Waals surface area contributed by atoms with Gasteiger partial charge >= 0.3 is 5.97 Å². The Labute approximate surface area is 125 Å². The topological polar surface area (TPSA) is 49.3 Å². The summed E-state index contributed by atoms with van der Waals surface area (Å²) in [4.78, 5) is 10.9. The normalized spacial score (nSPS) is 16.1. The smallest absolute Gasteiger partial charge is 0.336 e. The highest BCUT2D eigenvalue weighted by Crippen LogP contribution is 2.35. The fraction of sp³-hybridized carbons (Fsp3) is 0.188. The van der Waals surface area contributed by atoms with Gasteiger partial charge in [-0.3, -0.25) is 0 Å². The Morgan fingerprint density at radius 3 is 2.80 bits per heavy atom. The lowest BCUT2D eigenvalue weighted by Gasteiger charge is -2.30. The number of rotatable bonds is 4. The number of carboxylic acids is 1. The van der Waals surface area contributed by atoms with E-state index in [2.05, 4.69) is 45.5 Å². The van der Waals surface area contributed by atoms with Gasteiger partial charge in [-0.05, 0) is 51.7 Å². The van der Waals surface area contributed by atoms with E-state index in [-0.39, 0.29) is 5.56 Å². The Hall–Kier alpha value is -1.81. The molecule has 0 heterocycles. The molecule has 3 rings (SSSR count). The molecule has 2 N–H and O–H groups in total. The van der Waals surface area contributed by atoms with Gasteiger partial charge in [0.25, 0.3) is 0 Å². The molecule has 1 atom stereocenters. The van der Waals surface area contributed by atoms with Gasteiger partial charge in [-0.2, -0.15) is 0 Å². The van der Waals surface area contributed by atoms with Crippen molar-refractivity contribution in [3.63, 3.8) is 0 Å². The van der Waals surface area contributed by atoms with Crippen LogP contribution in [0.3, 0.4) is 0 Å². The van der Waals surface area contributed by atoms with Crippen LogP contribution in [0.2, 0.25) is 0 Å². The maximum Gasteiger partial charge on any atom is 0.336 e. The molecule has 2 aromatic rings. The summed E-state index contributed by atoms with van der Waals surface area (Å²) in [5.41, 5.74) is 4.07. The highest BCUT2D eigenvalue weighted by molar-refractivity contribution is 9.10. The van der Waals surface area contributed by atoms with Crippen LogP contribution in [0.4, 0.5) is 5.69 Å². The van der Waals surface area contributed by atoms with E-state index < -0.39 is 5.97 Å². The van der Waals surface area contributed by atoms with Gasteiger partial charge < -0.3 is 10.4 Å². The van der Waals surface area contributed by atoms with Crippen LogP contribution in [0.15, 0.2) is 46.9 Å². The van der Waals surface area contributed by atoms with E-state index in [0.29, 0.717) is 10.4 Å². The first-order chi connectivity index (χ1) is 9.65. The van der Waals surface area contributed by atoms with E-state index in [0.717, 1.165) is 18.7 Å². The Morgan fingerprint density at radius 1 is 1.30 bits per heavy atom. The molecule has 0 fully saturated rings. The van der Waals surface area contributed by atoms with Crippen LogP contribution in [0.5, 0.6) is 0 Å². The molecule has 102 valence electrons. The van der Waals surface area contributed by atoms with E-state index in [9.17, 15) is 4.79 Å². The van der Waals surface area contributed by atoms with Gasteiger partial charge in [-0.15, -0.1) is 0 Å². The summed E-state index contributed by atoms with van der Waals surface area (Å²) < 4.78 is 0.601. The average Bonchev–Trinajstić information content (AvgIpc) is 2.39. The summed E-state index contributed by atoms with van der Waals surface area (Å²) in [6, 6.07) is 13.7. The standard InChI is InChI=1S/C16H14BrNO2/c17-15-8-12(5-6-14(15)16(19)20)18-9-11-7-10-3-1-2-4-13(10)11/h1-6,8,11,18H,7,9H2,(H,19,20). The second kappa shape index (κ2) is 5.29. The predicted octanol–water partition coefficient (Wildman–Crippen LogP) is 3.90. The summed E-state index contributed by atoms with van der Waals surface area (Å²) in [6.07, 6.45) is 1.11. The van der Waals surface area contributed by atoms with Crippen LogP contribution in [0.25, 0.3) is 0 Å². The average molecular weight is 332 g/mol. The lowest BCUT2D eigenvalue weighted by molar-refractivity contribution is 0.0696. The highest BCUT2D eigenvalue weighted by atomic mass is 79.9. The van der Waals surface area contributed by atoms with E-state index in [4.69, 9.17) is 5.11 Å². The monoisotopic (exact) mass is 331 g/mol. The Morgan fingerprint density at radius 2 is 2.10 bits per heavy atom. The molecule has 0 spiro atoms.